The number of phenolic OH excluding ortho intramolecular Hbond substituents is 7. The first-order chi connectivity index (χ1) is 18.9. The first kappa shape index (κ1) is 28.3. The highest BCUT2D eigenvalue weighted by Gasteiger charge is 2.45. The SMILES string of the molecule is COC(=O)[C@@H](N)CS[C@H]1c2c(O)cc(O)cc2O[C@H](c2ccc(O)c(O)c2)[C@@H]1OC(=O)c1cc(O)c(O)c(O)c1. The van der Waals surface area contributed by atoms with E-state index in [2.05, 4.69) is 4.74 Å². The summed E-state index contributed by atoms with van der Waals surface area (Å²) >= 11 is 0.996. The number of carbonyl (C=O) groups is 2. The lowest BCUT2D eigenvalue weighted by Gasteiger charge is -2.39. The topological polar surface area (TPSA) is 229 Å². The number of methoxy groups -OCH3 is 1. The van der Waals surface area contributed by atoms with Crippen molar-refractivity contribution in [2.75, 3.05) is 12.9 Å². The fourth-order valence-corrected chi connectivity index (χ4v) is 5.47. The molecule has 4 atom stereocenters. The van der Waals surface area contributed by atoms with Crippen molar-refractivity contribution in [2.45, 2.75) is 23.5 Å². The van der Waals surface area contributed by atoms with E-state index in [4.69, 9.17) is 15.2 Å². The largest absolute Gasteiger partial charge is 0.508 e. The van der Waals surface area contributed by atoms with Crippen molar-refractivity contribution in [2.24, 2.45) is 5.73 Å². The number of carbonyl (C=O) groups excluding carboxylic acids is 2. The van der Waals surface area contributed by atoms with Crippen molar-refractivity contribution >= 4 is 23.7 Å². The quantitative estimate of drug-likeness (QED) is 0.149. The molecule has 14 heteroatoms. The molecule has 40 heavy (non-hydrogen) atoms. The Kier molecular flexibility index (Phi) is 7.93. The number of hydrogen-bond acceptors (Lipinski definition) is 14. The Morgan fingerprint density at radius 2 is 1.60 bits per heavy atom. The van der Waals surface area contributed by atoms with E-state index >= 15 is 0 Å². The van der Waals surface area contributed by atoms with Crippen molar-refractivity contribution in [3.63, 3.8) is 0 Å². The third kappa shape index (κ3) is 5.53. The minimum absolute atomic E-state index is 0.00794. The zero-order chi connectivity index (χ0) is 29.3. The lowest BCUT2D eigenvalue weighted by molar-refractivity contribution is -0.141. The van der Waals surface area contributed by atoms with Gasteiger partial charge in [0.1, 0.15) is 23.3 Å². The number of nitrogens with two attached hydrogens (primary N) is 1. The van der Waals surface area contributed by atoms with Crippen LogP contribution >= 0.6 is 11.8 Å². The summed E-state index contributed by atoms with van der Waals surface area (Å²) < 4.78 is 16.5. The molecule has 4 rings (SSSR count). The molecule has 13 nitrogen and oxygen atoms in total. The predicted octanol–water partition coefficient (Wildman–Crippen LogP) is 2.26. The summed E-state index contributed by atoms with van der Waals surface area (Å²) in [5.74, 6) is -6.05. The van der Waals surface area contributed by atoms with Gasteiger partial charge in [-0.05, 0) is 24.3 Å². The molecule has 0 radical (unpaired) electrons. The number of rotatable bonds is 7. The summed E-state index contributed by atoms with van der Waals surface area (Å²) in [4.78, 5) is 25.2. The van der Waals surface area contributed by atoms with Gasteiger partial charge in [-0.25, -0.2) is 4.79 Å². The fourth-order valence-electron chi connectivity index (χ4n) is 4.13. The van der Waals surface area contributed by atoms with E-state index < -0.39 is 69.9 Å². The number of fused-ring (bicyclic) bond motifs is 1. The first-order valence-electron chi connectivity index (χ1n) is 11.6. The highest BCUT2D eigenvalue weighted by Crippen LogP contribution is 2.54. The van der Waals surface area contributed by atoms with Crippen LogP contribution in [0.4, 0.5) is 0 Å². The van der Waals surface area contributed by atoms with Gasteiger partial charge in [0.25, 0.3) is 0 Å². The summed E-state index contributed by atoms with van der Waals surface area (Å²) in [5.41, 5.74) is 5.87. The predicted molar refractivity (Wildman–Crippen MR) is 139 cm³/mol. The maximum atomic E-state index is 13.2. The zero-order valence-electron chi connectivity index (χ0n) is 20.7. The Bertz CT molecular complexity index is 1440. The van der Waals surface area contributed by atoms with Gasteiger partial charge >= 0.3 is 11.9 Å². The smallest absolute Gasteiger partial charge is 0.338 e. The van der Waals surface area contributed by atoms with Crippen molar-refractivity contribution in [3.8, 4) is 46.0 Å². The number of esters is 2. The van der Waals surface area contributed by atoms with E-state index in [1.165, 1.54) is 18.2 Å². The van der Waals surface area contributed by atoms with Crippen LogP contribution in [0.5, 0.6) is 46.0 Å². The number of thioether (sulfide) groups is 1. The van der Waals surface area contributed by atoms with Crippen molar-refractivity contribution in [1.29, 1.82) is 0 Å². The van der Waals surface area contributed by atoms with Gasteiger partial charge in [-0.3, -0.25) is 4.79 Å². The third-order valence-corrected chi connectivity index (χ3v) is 7.49. The second kappa shape index (κ2) is 11.2. The molecular formula is C26H25NO12S. The Morgan fingerprint density at radius 3 is 2.23 bits per heavy atom. The molecule has 0 amide bonds. The van der Waals surface area contributed by atoms with Crippen LogP contribution in [0.25, 0.3) is 0 Å². The van der Waals surface area contributed by atoms with Crippen LogP contribution in [0.3, 0.4) is 0 Å². The van der Waals surface area contributed by atoms with Crippen LogP contribution in [0.15, 0.2) is 42.5 Å². The Labute approximate surface area is 230 Å². The van der Waals surface area contributed by atoms with Crippen molar-refractivity contribution < 1.29 is 59.5 Å². The summed E-state index contributed by atoms with van der Waals surface area (Å²) in [7, 11) is 1.16. The van der Waals surface area contributed by atoms with Crippen LogP contribution in [0.2, 0.25) is 0 Å². The van der Waals surface area contributed by atoms with Gasteiger partial charge in [0.2, 0.25) is 0 Å². The average Bonchev–Trinajstić information content (AvgIpc) is 2.91. The van der Waals surface area contributed by atoms with E-state index in [9.17, 15) is 45.3 Å². The minimum Gasteiger partial charge on any atom is -0.508 e. The van der Waals surface area contributed by atoms with Crippen LogP contribution in [-0.2, 0) is 14.3 Å². The van der Waals surface area contributed by atoms with Gasteiger partial charge in [-0.2, -0.15) is 0 Å². The number of hydrogen-bond donors (Lipinski definition) is 8. The molecule has 0 spiro atoms. The van der Waals surface area contributed by atoms with Gasteiger partial charge in [0.15, 0.2) is 41.0 Å². The van der Waals surface area contributed by atoms with Crippen molar-refractivity contribution in [3.05, 3.63) is 59.2 Å². The molecule has 1 heterocycles. The number of phenols is 7. The van der Waals surface area contributed by atoms with Crippen LogP contribution in [-0.4, -0.2) is 72.7 Å². The van der Waals surface area contributed by atoms with Crippen LogP contribution in [0.1, 0.15) is 32.8 Å². The van der Waals surface area contributed by atoms with E-state index in [0.29, 0.717) is 0 Å². The minimum atomic E-state index is -1.34. The molecule has 212 valence electrons. The van der Waals surface area contributed by atoms with Gasteiger partial charge in [-0.1, -0.05) is 6.07 Å². The standard InChI is InChI=1S/C26H25NO12S/c1-37-26(36)13(27)9-40-24-20-16(31)7-12(28)8-19(20)38-22(10-2-3-14(29)15(30)4-10)23(24)39-25(35)11-5-17(32)21(34)18(33)6-11/h2-8,13,22-24,28-34H,9,27H2,1H3/t13-,22+,23-,24-/m0/s1. The lowest BCUT2D eigenvalue weighted by Crippen LogP contribution is -2.39. The van der Waals surface area contributed by atoms with E-state index in [-0.39, 0.29) is 33.9 Å². The molecule has 3 aromatic carbocycles. The number of benzene rings is 3. The second-order valence-electron chi connectivity index (χ2n) is 8.78. The molecule has 0 bridgehead atoms. The molecular weight excluding hydrogens is 550 g/mol. The maximum Gasteiger partial charge on any atom is 0.338 e. The van der Waals surface area contributed by atoms with Gasteiger partial charge in [0.05, 0.1) is 23.5 Å². The number of aromatic hydroxyl groups is 7. The van der Waals surface area contributed by atoms with E-state index in [1.807, 2.05) is 0 Å². The summed E-state index contributed by atoms with van der Waals surface area (Å²) in [6, 6.07) is 6.58. The molecule has 9 N–H and O–H groups in total. The molecule has 0 saturated carbocycles. The van der Waals surface area contributed by atoms with E-state index in [0.717, 1.165) is 43.1 Å². The highest BCUT2D eigenvalue weighted by molar-refractivity contribution is 7.99. The first-order valence-corrected chi connectivity index (χ1v) is 12.6. The molecule has 0 saturated heterocycles. The molecule has 1 aliphatic rings. The highest BCUT2D eigenvalue weighted by atomic mass is 32.2. The fraction of sp³-hybridized carbons (Fsp3) is 0.231. The van der Waals surface area contributed by atoms with Crippen LogP contribution in [0, 0.1) is 0 Å². The van der Waals surface area contributed by atoms with Gasteiger partial charge in [-0.15, -0.1) is 11.8 Å². The molecule has 0 unspecified atom stereocenters. The average molecular weight is 576 g/mol. The monoisotopic (exact) mass is 575 g/mol. The third-order valence-electron chi connectivity index (χ3n) is 6.08. The lowest BCUT2D eigenvalue weighted by atomic mass is 9.93. The molecule has 3 aromatic rings. The van der Waals surface area contributed by atoms with E-state index in [1.54, 1.807) is 0 Å². The van der Waals surface area contributed by atoms with Crippen molar-refractivity contribution in [1.82, 2.24) is 0 Å². The molecule has 1 aliphatic heterocycles. The number of ether oxygens (including phenoxy) is 3. The summed E-state index contributed by atoms with van der Waals surface area (Å²) in [6.45, 7) is 0. The zero-order valence-corrected chi connectivity index (χ0v) is 21.5. The Hall–Kier alpha value is -4.69. The second-order valence-corrected chi connectivity index (χ2v) is 9.95. The molecule has 0 fully saturated rings. The normalized spacial score (nSPS) is 18.7. The Balaban J connectivity index is 1.83. The van der Waals surface area contributed by atoms with Crippen LogP contribution < -0.4 is 10.5 Å². The Morgan fingerprint density at radius 1 is 0.925 bits per heavy atom. The molecule has 0 aromatic heterocycles. The summed E-state index contributed by atoms with van der Waals surface area (Å²) in [6.07, 6.45) is -2.57. The molecule has 0 aliphatic carbocycles. The maximum absolute atomic E-state index is 13.2. The summed E-state index contributed by atoms with van der Waals surface area (Å²) in [5, 5.41) is 69.2. The van der Waals surface area contributed by atoms with Gasteiger partial charge < -0.3 is 55.7 Å². The van der Waals surface area contributed by atoms with Gasteiger partial charge in [0, 0.05) is 23.4 Å².